The lowest BCUT2D eigenvalue weighted by atomic mass is 9.90. The fourth-order valence-corrected chi connectivity index (χ4v) is 5.02. The lowest BCUT2D eigenvalue weighted by molar-refractivity contribution is -0.129. The average molecular weight is 443 g/mol. The molecule has 1 aliphatic heterocycles. The van der Waals surface area contributed by atoms with Crippen LogP contribution in [-0.4, -0.2) is 16.7 Å². The molecule has 1 fully saturated rings. The SMILES string of the molecule is CC(=O)N1Cc2ccc(C3(C(=O)NC(c4ccc(C)o4)c4ccc(C)cc4C)CC3)cc2C1. The number of aryl methyl sites for hydroxylation is 3. The number of amides is 2. The Labute approximate surface area is 194 Å². The standard InChI is InChI=1S/C28H30N2O3/c1-17-5-9-24(18(2)13-17)26(25-10-6-19(3)33-25)29-27(32)28(11-12-28)23-8-7-21-15-30(20(4)31)16-22(21)14-23/h5-10,13-14,26H,11-12,15-16H2,1-4H3,(H,29,32). The summed E-state index contributed by atoms with van der Waals surface area (Å²) in [6, 6.07) is 16.1. The molecule has 1 aliphatic carbocycles. The van der Waals surface area contributed by atoms with E-state index in [4.69, 9.17) is 4.42 Å². The summed E-state index contributed by atoms with van der Waals surface area (Å²) >= 11 is 0. The van der Waals surface area contributed by atoms with Crippen molar-refractivity contribution in [3.8, 4) is 0 Å². The molecule has 2 heterocycles. The third-order valence-corrected chi connectivity index (χ3v) is 7.17. The molecule has 1 N–H and O–H groups in total. The second kappa shape index (κ2) is 7.91. The van der Waals surface area contributed by atoms with E-state index in [0.717, 1.165) is 46.6 Å². The van der Waals surface area contributed by atoms with Crippen molar-refractivity contribution in [2.24, 2.45) is 0 Å². The highest BCUT2D eigenvalue weighted by Crippen LogP contribution is 2.50. The first-order chi connectivity index (χ1) is 15.8. The minimum atomic E-state index is -0.517. The molecule has 1 aromatic heterocycles. The quantitative estimate of drug-likeness (QED) is 0.605. The highest BCUT2D eigenvalue weighted by Gasteiger charge is 2.52. The Hall–Kier alpha value is -3.34. The number of nitrogens with one attached hydrogen (secondary N) is 1. The summed E-state index contributed by atoms with van der Waals surface area (Å²) in [4.78, 5) is 27.4. The molecule has 0 saturated heterocycles. The Bertz CT molecular complexity index is 1250. The molecule has 3 aromatic rings. The minimum absolute atomic E-state index is 0.0305. The van der Waals surface area contributed by atoms with Crippen molar-refractivity contribution in [2.45, 2.75) is 65.1 Å². The Morgan fingerprint density at radius 2 is 1.73 bits per heavy atom. The smallest absolute Gasteiger partial charge is 0.231 e. The Morgan fingerprint density at radius 1 is 0.970 bits per heavy atom. The predicted octanol–water partition coefficient (Wildman–Crippen LogP) is 5.00. The van der Waals surface area contributed by atoms with Crippen LogP contribution in [0.4, 0.5) is 0 Å². The van der Waals surface area contributed by atoms with Crippen molar-refractivity contribution in [3.63, 3.8) is 0 Å². The summed E-state index contributed by atoms with van der Waals surface area (Å²) in [7, 11) is 0. The molecule has 5 heteroatoms. The van der Waals surface area contributed by atoms with E-state index in [0.29, 0.717) is 13.1 Å². The number of benzene rings is 2. The maximum atomic E-state index is 13.7. The highest BCUT2D eigenvalue weighted by atomic mass is 16.3. The van der Waals surface area contributed by atoms with Gasteiger partial charge in [0.2, 0.25) is 11.8 Å². The van der Waals surface area contributed by atoms with Crippen LogP contribution in [0.25, 0.3) is 0 Å². The number of hydrogen-bond donors (Lipinski definition) is 1. The van der Waals surface area contributed by atoms with Gasteiger partial charge in [-0.15, -0.1) is 0 Å². The minimum Gasteiger partial charge on any atom is -0.464 e. The van der Waals surface area contributed by atoms with Crippen molar-refractivity contribution in [3.05, 3.63) is 93.4 Å². The molecule has 2 aromatic carbocycles. The van der Waals surface area contributed by atoms with Crippen molar-refractivity contribution in [2.75, 3.05) is 0 Å². The number of hydrogen-bond acceptors (Lipinski definition) is 3. The van der Waals surface area contributed by atoms with Crippen molar-refractivity contribution < 1.29 is 14.0 Å². The van der Waals surface area contributed by atoms with Crippen LogP contribution >= 0.6 is 0 Å². The van der Waals surface area contributed by atoms with Crippen LogP contribution in [0.3, 0.4) is 0 Å². The summed E-state index contributed by atoms with van der Waals surface area (Å²) < 4.78 is 5.97. The van der Waals surface area contributed by atoms with Gasteiger partial charge in [-0.1, -0.05) is 42.0 Å². The fraction of sp³-hybridized carbons (Fsp3) is 0.357. The monoisotopic (exact) mass is 442 g/mol. The lowest BCUT2D eigenvalue weighted by Gasteiger charge is -2.24. The molecular formula is C28H30N2O3. The third-order valence-electron chi connectivity index (χ3n) is 7.17. The molecule has 1 unspecified atom stereocenters. The van der Waals surface area contributed by atoms with Gasteiger partial charge in [0, 0.05) is 20.0 Å². The van der Waals surface area contributed by atoms with Gasteiger partial charge in [0.25, 0.3) is 0 Å². The van der Waals surface area contributed by atoms with Crippen LogP contribution in [0, 0.1) is 20.8 Å². The second-order valence-electron chi connectivity index (χ2n) is 9.66. The molecule has 2 aliphatic rings. The first kappa shape index (κ1) is 21.5. The van der Waals surface area contributed by atoms with Gasteiger partial charge in [-0.3, -0.25) is 9.59 Å². The molecule has 5 rings (SSSR count). The summed E-state index contributed by atoms with van der Waals surface area (Å²) in [6.45, 7) is 8.94. The van der Waals surface area contributed by atoms with Gasteiger partial charge < -0.3 is 14.6 Å². The van der Waals surface area contributed by atoms with Gasteiger partial charge in [0.05, 0.1) is 5.41 Å². The van der Waals surface area contributed by atoms with E-state index in [1.807, 2.05) is 24.0 Å². The second-order valence-corrected chi connectivity index (χ2v) is 9.66. The van der Waals surface area contributed by atoms with Gasteiger partial charge in [-0.25, -0.2) is 0 Å². The Kier molecular flexibility index (Phi) is 5.15. The van der Waals surface area contributed by atoms with Crippen LogP contribution < -0.4 is 5.32 Å². The molecule has 2 amide bonds. The molecule has 0 spiro atoms. The molecule has 0 radical (unpaired) electrons. The summed E-state index contributed by atoms with van der Waals surface area (Å²) in [5.74, 6) is 1.68. The first-order valence-electron chi connectivity index (χ1n) is 11.6. The number of carbonyl (C=O) groups is 2. The predicted molar refractivity (Wildman–Crippen MR) is 127 cm³/mol. The summed E-state index contributed by atoms with van der Waals surface area (Å²) in [5, 5.41) is 3.32. The lowest BCUT2D eigenvalue weighted by Crippen LogP contribution is -2.38. The average Bonchev–Trinajstić information content (AvgIpc) is 3.29. The molecule has 1 saturated carbocycles. The molecular weight excluding hydrogens is 412 g/mol. The molecule has 1 atom stereocenters. The van der Waals surface area contributed by atoms with Gasteiger partial charge in [-0.2, -0.15) is 0 Å². The van der Waals surface area contributed by atoms with E-state index in [1.165, 1.54) is 11.1 Å². The number of fused-ring (bicyclic) bond motifs is 1. The largest absolute Gasteiger partial charge is 0.464 e. The van der Waals surface area contributed by atoms with E-state index in [1.54, 1.807) is 6.92 Å². The van der Waals surface area contributed by atoms with E-state index in [9.17, 15) is 9.59 Å². The van der Waals surface area contributed by atoms with E-state index >= 15 is 0 Å². The van der Waals surface area contributed by atoms with E-state index in [2.05, 4.69) is 55.6 Å². The summed E-state index contributed by atoms with van der Waals surface area (Å²) in [5.41, 5.74) is 6.20. The van der Waals surface area contributed by atoms with Gasteiger partial charge in [0.1, 0.15) is 17.6 Å². The van der Waals surface area contributed by atoms with Crippen LogP contribution in [0.1, 0.15) is 70.7 Å². The van der Waals surface area contributed by atoms with Crippen LogP contribution in [-0.2, 0) is 28.1 Å². The zero-order chi connectivity index (χ0) is 23.3. The molecule has 170 valence electrons. The maximum Gasteiger partial charge on any atom is 0.231 e. The molecule has 0 bridgehead atoms. The first-order valence-corrected chi connectivity index (χ1v) is 11.6. The zero-order valence-electron chi connectivity index (χ0n) is 19.7. The van der Waals surface area contributed by atoms with Crippen LogP contribution in [0.5, 0.6) is 0 Å². The third kappa shape index (κ3) is 3.86. The fourth-order valence-electron chi connectivity index (χ4n) is 5.02. The van der Waals surface area contributed by atoms with Crippen molar-refractivity contribution >= 4 is 11.8 Å². The zero-order valence-corrected chi connectivity index (χ0v) is 19.7. The van der Waals surface area contributed by atoms with Gasteiger partial charge >= 0.3 is 0 Å². The summed E-state index contributed by atoms with van der Waals surface area (Å²) in [6.07, 6.45) is 1.65. The van der Waals surface area contributed by atoms with E-state index < -0.39 is 5.41 Å². The number of nitrogens with zero attached hydrogens (tertiary/aromatic N) is 1. The van der Waals surface area contributed by atoms with Crippen molar-refractivity contribution in [1.82, 2.24) is 10.2 Å². The Morgan fingerprint density at radius 3 is 2.36 bits per heavy atom. The maximum absolute atomic E-state index is 13.7. The topological polar surface area (TPSA) is 62.6 Å². The Balaban J connectivity index is 1.45. The number of rotatable bonds is 5. The molecule has 33 heavy (non-hydrogen) atoms. The van der Waals surface area contributed by atoms with Crippen molar-refractivity contribution in [1.29, 1.82) is 0 Å². The molecule has 5 nitrogen and oxygen atoms in total. The van der Waals surface area contributed by atoms with Gasteiger partial charge in [-0.05, 0) is 73.6 Å². The highest BCUT2D eigenvalue weighted by molar-refractivity contribution is 5.92. The number of furan rings is 1. The van der Waals surface area contributed by atoms with Gasteiger partial charge in [0.15, 0.2) is 0 Å². The van der Waals surface area contributed by atoms with Crippen LogP contribution in [0.15, 0.2) is 52.9 Å². The van der Waals surface area contributed by atoms with Crippen LogP contribution in [0.2, 0.25) is 0 Å². The van der Waals surface area contributed by atoms with E-state index in [-0.39, 0.29) is 17.9 Å². The number of carbonyl (C=O) groups excluding carboxylic acids is 2. The normalized spacial score (nSPS) is 16.9.